The van der Waals surface area contributed by atoms with Crippen molar-refractivity contribution in [2.75, 3.05) is 13.7 Å². The number of aliphatic carboxylic acids is 1. The van der Waals surface area contributed by atoms with Gasteiger partial charge in [-0.05, 0) is 39.0 Å². The summed E-state index contributed by atoms with van der Waals surface area (Å²) in [6.07, 6.45) is 3.21. The van der Waals surface area contributed by atoms with Crippen LogP contribution in [0.15, 0.2) is 18.2 Å². The number of methoxy groups -OCH3 is 1. The van der Waals surface area contributed by atoms with Crippen LogP contribution in [0.25, 0.3) is 6.08 Å². The van der Waals surface area contributed by atoms with Crippen LogP contribution in [0, 0.1) is 6.92 Å². The van der Waals surface area contributed by atoms with Gasteiger partial charge < -0.3 is 14.6 Å². The maximum atomic E-state index is 10.6. The first kappa shape index (κ1) is 16.2. The van der Waals surface area contributed by atoms with Crippen LogP contribution in [0.5, 0.6) is 5.75 Å². The van der Waals surface area contributed by atoms with Crippen molar-refractivity contribution in [2.24, 2.45) is 0 Å². The van der Waals surface area contributed by atoms with Crippen molar-refractivity contribution in [3.63, 3.8) is 0 Å². The van der Waals surface area contributed by atoms with Crippen LogP contribution in [0.3, 0.4) is 0 Å². The zero-order valence-electron chi connectivity index (χ0n) is 12.3. The highest BCUT2D eigenvalue weighted by molar-refractivity contribution is 5.85. The Hall–Kier alpha value is -1.88. The Morgan fingerprint density at radius 1 is 1.45 bits per heavy atom. The Morgan fingerprint density at radius 2 is 2.15 bits per heavy atom. The van der Waals surface area contributed by atoms with Crippen LogP contribution < -0.4 is 4.74 Å². The Labute approximate surface area is 119 Å². The number of carboxylic acid groups (broad SMARTS) is 1. The Bertz CT molecular complexity index is 495. The Balaban J connectivity index is 2.76. The van der Waals surface area contributed by atoms with Crippen LogP contribution in [-0.4, -0.2) is 35.4 Å². The molecule has 0 aliphatic heterocycles. The van der Waals surface area contributed by atoms with Crippen LogP contribution in [0.1, 0.15) is 31.7 Å². The molecule has 0 aromatic carbocycles. The van der Waals surface area contributed by atoms with Crippen molar-refractivity contribution < 1.29 is 19.4 Å². The summed E-state index contributed by atoms with van der Waals surface area (Å²) < 4.78 is 11.0. The summed E-state index contributed by atoms with van der Waals surface area (Å²) >= 11 is 0. The molecule has 0 bridgehead atoms. The lowest BCUT2D eigenvalue weighted by molar-refractivity contribution is -0.131. The summed E-state index contributed by atoms with van der Waals surface area (Å²) in [4.78, 5) is 14.9. The number of ether oxygens (including phenoxy) is 2. The molecule has 0 fully saturated rings. The molecule has 110 valence electrons. The molecule has 1 aromatic rings. The third-order valence-corrected chi connectivity index (χ3v) is 2.92. The molecule has 1 N–H and O–H groups in total. The highest BCUT2D eigenvalue weighted by atomic mass is 16.5. The van der Waals surface area contributed by atoms with E-state index in [0.717, 1.165) is 18.2 Å². The minimum atomic E-state index is -1.01. The summed E-state index contributed by atoms with van der Waals surface area (Å²) in [5, 5.41) is 8.68. The summed E-state index contributed by atoms with van der Waals surface area (Å²) in [6.45, 7) is 6.28. The molecule has 5 heteroatoms. The molecule has 0 aliphatic carbocycles. The molecule has 0 saturated carbocycles. The highest BCUT2D eigenvalue weighted by Crippen LogP contribution is 2.20. The number of nitrogens with zero attached hydrogens (tertiary/aromatic N) is 1. The second-order valence-corrected chi connectivity index (χ2v) is 5.07. The van der Waals surface area contributed by atoms with Gasteiger partial charge in [0.2, 0.25) is 0 Å². The average Bonchev–Trinajstić information content (AvgIpc) is 2.38. The fraction of sp³-hybridized carbons (Fsp3) is 0.467. The van der Waals surface area contributed by atoms with E-state index >= 15 is 0 Å². The largest absolute Gasteiger partial charge is 0.491 e. The van der Waals surface area contributed by atoms with Gasteiger partial charge in [-0.25, -0.2) is 9.78 Å². The topological polar surface area (TPSA) is 68.7 Å². The van der Waals surface area contributed by atoms with E-state index in [-0.39, 0.29) is 5.60 Å². The summed E-state index contributed by atoms with van der Waals surface area (Å²) in [6, 6.07) is 3.62. The number of aromatic nitrogens is 1. The minimum absolute atomic E-state index is 0.255. The molecule has 1 rings (SSSR count). The molecular formula is C15H21NO4. The SMILES string of the molecule is COC(C)(C)CCOc1ccc(C)nc1/C=C/C(=O)O. The predicted molar refractivity (Wildman–Crippen MR) is 76.8 cm³/mol. The lowest BCUT2D eigenvalue weighted by atomic mass is 10.1. The number of aryl methyl sites for hydroxylation is 1. The summed E-state index contributed by atoms with van der Waals surface area (Å²) in [5.41, 5.74) is 1.07. The molecule has 0 aliphatic rings. The van der Waals surface area contributed by atoms with Gasteiger partial charge in [0.1, 0.15) is 11.4 Å². The highest BCUT2D eigenvalue weighted by Gasteiger charge is 2.16. The standard InChI is InChI=1S/C15H21NO4/c1-11-5-7-13(12(16-11)6-8-14(17)18)20-10-9-15(2,3)19-4/h5-8H,9-10H2,1-4H3,(H,17,18)/b8-6+. The van der Waals surface area contributed by atoms with Crippen molar-refractivity contribution in [3.05, 3.63) is 29.6 Å². The molecule has 0 spiro atoms. The molecule has 0 unspecified atom stereocenters. The van der Waals surface area contributed by atoms with Gasteiger partial charge in [0.25, 0.3) is 0 Å². The first-order valence-corrected chi connectivity index (χ1v) is 6.41. The van der Waals surface area contributed by atoms with Gasteiger partial charge in [0, 0.05) is 25.3 Å². The lowest BCUT2D eigenvalue weighted by Gasteiger charge is -2.22. The number of carboxylic acids is 1. The van der Waals surface area contributed by atoms with Crippen LogP contribution >= 0.6 is 0 Å². The third kappa shape index (κ3) is 5.40. The van der Waals surface area contributed by atoms with E-state index in [1.165, 1.54) is 6.08 Å². The zero-order chi connectivity index (χ0) is 15.2. The van der Waals surface area contributed by atoms with Crippen LogP contribution in [0.4, 0.5) is 0 Å². The minimum Gasteiger partial charge on any atom is -0.491 e. The maximum absolute atomic E-state index is 10.6. The second kappa shape index (κ2) is 7.05. The zero-order valence-corrected chi connectivity index (χ0v) is 12.3. The normalized spacial score (nSPS) is 11.8. The van der Waals surface area contributed by atoms with E-state index < -0.39 is 5.97 Å². The maximum Gasteiger partial charge on any atom is 0.328 e. The Kier molecular flexibility index (Phi) is 5.70. The van der Waals surface area contributed by atoms with Crippen LogP contribution in [0.2, 0.25) is 0 Å². The fourth-order valence-electron chi connectivity index (χ4n) is 1.46. The van der Waals surface area contributed by atoms with Crippen LogP contribution in [-0.2, 0) is 9.53 Å². The predicted octanol–water partition coefficient (Wildman–Crippen LogP) is 2.68. The van der Waals surface area contributed by atoms with Gasteiger partial charge in [0.15, 0.2) is 0 Å². The molecule has 1 aromatic heterocycles. The number of hydrogen-bond acceptors (Lipinski definition) is 4. The summed E-state index contributed by atoms with van der Waals surface area (Å²) in [5.74, 6) is -0.445. The smallest absolute Gasteiger partial charge is 0.328 e. The number of rotatable bonds is 7. The fourth-order valence-corrected chi connectivity index (χ4v) is 1.46. The number of pyridine rings is 1. The average molecular weight is 279 g/mol. The van der Waals surface area contributed by atoms with E-state index in [9.17, 15) is 4.79 Å². The quantitative estimate of drug-likeness (QED) is 0.777. The van der Waals surface area contributed by atoms with Gasteiger partial charge in [0.05, 0.1) is 12.2 Å². The van der Waals surface area contributed by atoms with E-state index in [1.54, 1.807) is 13.2 Å². The van der Waals surface area contributed by atoms with E-state index in [2.05, 4.69) is 4.98 Å². The van der Waals surface area contributed by atoms with Gasteiger partial charge in [-0.2, -0.15) is 0 Å². The van der Waals surface area contributed by atoms with Crippen molar-refractivity contribution >= 4 is 12.0 Å². The first-order chi connectivity index (χ1) is 9.34. The molecule has 5 nitrogen and oxygen atoms in total. The molecule has 0 radical (unpaired) electrons. The van der Waals surface area contributed by atoms with Gasteiger partial charge in [-0.1, -0.05) is 0 Å². The molecule has 0 amide bonds. The van der Waals surface area contributed by atoms with Gasteiger partial charge in [-0.15, -0.1) is 0 Å². The molecule has 20 heavy (non-hydrogen) atoms. The summed E-state index contributed by atoms with van der Waals surface area (Å²) in [7, 11) is 1.66. The molecule has 1 heterocycles. The van der Waals surface area contributed by atoms with E-state index in [1.807, 2.05) is 26.8 Å². The molecule has 0 saturated heterocycles. The molecular weight excluding hydrogens is 258 g/mol. The molecule has 0 atom stereocenters. The van der Waals surface area contributed by atoms with Crippen molar-refractivity contribution in [3.8, 4) is 5.75 Å². The Morgan fingerprint density at radius 3 is 2.75 bits per heavy atom. The first-order valence-electron chi connectivity index (χ1n) is 6.41. The van der Waals surface area contributed by atoms with Crippen molar-refractivity contribution in [1.82, 2.24) is 4.98 Å². The van der Waals surface area contributed by atoms with Crippen molar-refractivity contribution in [1.29, 1.82) is 0 Å². The van der Waals surface area contributed by atoms with Crippen molar-refractivity contribution in [2.45, 2.75) is 32.8 Å². The number of carbonyl (C=O) groups is 1. The third-order valence-electron chi connectivity index (χ3n) is 2.92. The monoisotopic (exact) mass is 279 g/mol. The van der Waals surface area contributed by atoms with Gasteiger partial charge >= 0.3 is 5.97 Å². The lowest BCUT2D eigenvalue weighted by Crippen LogP contribution is -2.25. The van der Waals surface area contributed by atoms with E-state index in [0.29, 0.717) is 18.1 Å². The van der Waals surface area contributed by atoms with E-state index in [4.69, 9.17) is 14.6 Å². The number of hydrogen-bond donors (Lipinski definition) is 1. The second-order valence-electron chi connectivity index (χ2n) is 5.07. The van der Waals surface area contributed by atoms with Gasteiger partial charge in [-0.3, -0.25) is 0 Å².